The lowest BCUT2D eigenvalue weighted by Gasteiger charge is -2.57. The Morgan fingerprint density at radius 2 is 1.67 bits per heavy atom. The molecule has 3 heterocycles. The number of fused-ring (bicyclic) bond motifs is 2. The van der Waals surface area contributed by atoms with Crippen LogP contribution in [-0.2, 0) is 6.54 Å². The van der Waals surface area contributed by atoms with E-state index in [4.69, 9.17) is 0 Å². The van der Waals surface area contributed by atoms with Crippen molar-refractivity contribution in [3.63, 3.8) is 0 Å². The van der Waals surface area contributed by atoms with Crippen molar-refractivity contribution in [2.24, 2.45) is 5.92 Å². The van der Waals surface area contributed by atoms with Crippen LogP contribution in [0.1, 0.15) is 23.5 Å². The number of halogens is 1. The van der Waals surface area contributed by atoms with Crippen molar-refractivity contribution in [2.75, 3.05) is 19.6 Å². The minimum atomic E-state index is -0.127. The second kappa shape index (κ2) is 4.96. The summed E-state index contributed by atoms with van der Waals surface area (Å²) in [5.74, 6) is 1.30. The van der Waals surface area contributed by atoms with E-state index in [9.17, 15) is 4.39 Å². The van der Waals surface area contributed by atoms with Crippen LogP contribution in [0.15, 0.2) is 54.6 Å². The average molecular weight is 282 g/mol. The molecule has 0 spiro atoms. The molecule has 1 nitrogen and oxygen atoms in total. The molecule has 3 aliphatic heterocycles. The Morgan fingerprint density at radius 3 is 2.29 bits per heavy atom. The van der Waals surface area contributed by atoms with Gasteiger partial charge in [-0.1, -0.05) is 42.5 Å². The van der Waals surface area contributed by atoms with Crippen LogP contribution >= 0.6 is 0 Å². The van der Waals surface area contributed by atoms with Crippen molar-refractivity contribution >= 4 is 0 Å². The van der Waals surface area contributed by atoms with Gasteiger partial charge in [-0.3, -0.25) is 0 Å². The fourth-order valence-corrected chi connectivity index (χ4v) is 4.35. The van der Waals surface area contributed by atoms with E-state index in [0.29, 0.717) is 5.92 Å². The number of rotatable bonds is 3. The van der Waals surface area contributed by atoms with Gasteiger partial charge in [0.2, 0.25) is 0 Å². The average Bonchev–Trinajstić information content (AvgIpc) is 2.49. The van der Waals surface area contributed by atoms with Crippen LogP contribution in [0.5, 0.6) is 0 Å². The van der Waals surface area contributed by atoms with E-state index in [2.05, 4.69) is 30.3 Å². The highest BCUT2D eigenvalue weighted by Crippen LogP contribution is 2.45. The highest BCUT2D eigenvalue weighted by Gasteiger charge is 2.52. The summed E-state index contributed by atoms with van der Waals surface area (Å²) in [6.45, 7) is 5.01. The zero-order valence-corrected chi connectivity index (χ0v) is 12.2. The zero-order valence-electron chi connectivity index (χ0n) is 12.2. The Morgan fingerprint density at radius 1 is 0.952 bits per heavy atom. The molecule has 2 aromatic rings. The van der Waals surface area contributed by atoms with Gasteiger partial charge in [-0.25, -0.2) is 4.39 Å². The molecule has 0 saturated carbocycles. The van der Waals surface area contributed by atoms with Gasteiger partial charge in [0.1, 0.15) is 12.4 Å². The molecule has 3 fully saturated rings. The Labute approximate surface area is 125 Å². The van der Waals surface area contributed by atoms with Gasteiger partial charge in [-0.05, 0) is 17.7 Å². The molecule has 2 bridgehead atoms. The fraction of sp³-hybridized carbons (Fsp3) is 0.368. The third-order valence-electron chi connectivity index (χ3n) is 5.39. The number of benzene rings is 2. The lowest BCUT2D eigenvalue weighted by molar-refractivity contribution is -0.994. The van der Waals surface area contributed by atoms with Crippen molar-refractivity contribution in [1.82, 2.24) is 0 Å². The van der Waals surface area contributed by atoms with E-state index in [-0.39, 0.29) is 5.82 Å². The predicted molar refractivity (Wildman–Crippen MR) is 82.3 cm³/mol. The molecule has 0 radical (unpaired) electrons. The zero-order chi connectivity index (χ0) is 14.3. The van der Waals surface area contributed by atoms with Crippen LogP contribution in [0.25, 0.3) is 0 Å². The lowest BCUT2D eigenvalue weighted by Crippen LogP contribution is -2.68. The van der Waals surface area contributed by atoms with Crippen molar-refractivity contribution in [3.8, 4) is 0 Å². The number of nitrogens with zero attached hydrogens (tertiary/aromatic N) is 1. The monoisotopic (exact) mass is 282 g/mol. The minimum absolute atomic E-state index is 0.127. The third kappa shape index (κ3) is 2.38. The molecule has 3 aliphatic rings. The maximum Gasteiger partial charge on any atom is 0.123 e. The molecule has 0 amide bonds. The first-order valence-corrected chi connectivity index (χ1v) is 7.89. The summed E-state index contributed by atoms with van der Waals surface area (Å²) in [7, 11) is 0. The normalized spacial score (nSPS) is 30.7. The highest BCUT2D eigenvalue weighted by atomic mass is 19.1. The summed E-state index contributed by atoms with van der Waals surface area (Å²) in [6.07, 6.45) is 1.24. The van der Waals surface area contributed by atoms with Crippen molar-refractivity contribution < 1.29 is 8.87 Å². The van der Waals surface area contributed by atoms with Gasteiger partial charge < -0.3 is 4.48 Å². The summed E-state index contributed by atoms with van der Waals surface area (Å²) >= 11 is 0. The van der Waals surface area contributed by atoms with E-state index >= 15 is 0 Å². The maximum atomic E-state index is 13.1. The Hall–Kier alpha value is -1.67. The summed E-state index contributed by atoms with van der Waals surface area (Å²) in [5.41, 5.74) is 2.79. The summed E-state index contributed by atoms with van der Waals surface area (Å²) in [4.78, 5) is 0. The molecular formula is C19H21FN+. The smallest absolute Gasteiger partial charge is 0.123 e. The topological polar surface area (TPSA) is 0 Å². The summed E-state index contributed by atoms with van der Waals surface area (Å²) in [5, 5.41) is 0. The van der Waals surface area contributed by atoms with Crippen LogP contribution in [0.3, 0.4) is 0 Å². The first-order chi connectivity index (χ1) is 10.2. The number of hydrogen-bond acceptors (Lipinski definition) is 0. The summed E-state index contributed by atoms with van der Waals surface area (Å²) < 4.78 is 14.3. The third-order valence-corrected chi connectivity index (χ3v) is 5.39. The van der Waals surface area contributed by atoms with E-state index in [0.717, 1.165) is 5.92 Å². The van der Waals surface area contributed by atoms with Gasteiger partial charge in [-0.2, -0.15) is 0 Å². The van der Waals surface area contributed by atoms with Gasteiger partial charge in [0.05, 0.1) is 25.6 Å². The van der Waals surface area contributed by atoms with Crippen molar-refractivity contribution in [2.45, 2.75) is 18.9 Å². The molecular weight excluding hydrogens is 261 g/mol. The maximum absolute atomic E-state index is 13.1. The van der Waals surface area contributed by atoms with Crippen LogP contribution in [-0.4, -0.2) is 24.1 Å². The molecule has 0 aliphatic carbocycles. The van der Waals surface area contributed by atoms with E-state index in [1.165, 1.54) is 48.2 Å². The first-order valence-electron chi connectivity index (χ1n) is 7.89. The molecule has 1 unspecified atom stereocenters. The molecule has 21 heavy (non-hydrogen) atoms. The van der Waals surface area contributed by atoms with Gasteiger partial charge in [0, 0.05) is 17.9 Å². The SMILES string of the molecule is Fc1ccc(C2CC[N+]3(Cc4ccccc4)CC2C3)cc1. The standard InChI is InChI=1S/C19H21FN/c20-18-8-6-16(7-9-18)19-10-11-21(13-17(19)14-21)12-15-4-2-1-3-5-15/h1-9,17,19H,10-14H2/q+1. The van der Waals surface area contributed by atoms with Gasteiger partial charge in [0.25, 0.3) is 0 Å². The van der Waals surface area contributed by atoms with Gasteiger partial charge in [0.15, 0.2) is 0 Å². The Kier molecular flexibility index (Phi) is 3.07. The largest absolute Gasteiger partial charge is 0.319 e. The number of hydrogen-bond donors (Lipinski definition) is 0. The lowest BCUT2D eigenvalue weighted by atomic mass is 9.72. The first kappa shape index (κ1) is 13.0. The van der Waals surface area contributed by atoms with Crippen LogP contribution in [0.2, 0.25) is 0 Å². The van der Waals surface area contributed by atoms with E-state index in [1.807, 2.05) is 12.1 Å². The Bertz CT molecular complexity index is 608. The van der Waals surface area contributed by atoms with E-state index in [1.54, 1.807) is 12.1 Å². The van der Waals surface area contributed by atoms with Gasteiger partial charge in [-0.15, -0.1) is 0 Å². The van der Waals surface area contributed by atoms with Gasteiger partial charge >= 0.3 is 0 Å². The number of piperidine rings is 2. The summed E-state index contributed by atoms with van der Waals surface area (Å²) in [6, 6.07) is 18.0. The fourth-order valence-electron chi connectivity index (χ4n) is 4.35. The molecule has 3 saturated heterocycles. The quantitative estimate of drug-likeness (QED) is 0.748. The van der Waals surface area contributed by atoms with Crippen LogP contribution in [0.4, 0.5) is 4.39 Å². The predicted octanol–water partition coefficient (Wildman–Crippen LogP) is 3.96. The second-order valence-electron chi connectivity index (χ2n) is 6.78. The number of quaternary nitrogens is 1. The van der Waals surface area contributed by atoms with Crippen LogP contribution < -0.4 is 0 Å². The molecule has 2 heteroatoms. The minimum Gasteiger partial charge on any atom is -0.319 e. The molecule has 2 aromatic carbocycles. The van der Waals surface area contributed by atoms with E-state index < -0.39 is 0 Å². The van der Waals surface area contributed by atoms with Crippen molar-refractivity contribution in [1.29, 1.82) is 0 Å². The van der Waals surface area contributed by atoms with Crippen molar-refractivity contribution in [3.05, 3.63) is 71.5 Å². The second-order valence-corrected chi connectivity index (χ2v) is 6.78. The molecule has 108 valence electrons. The molecule has 0 aromatic heterocycles. The molecule has 5 rings (SSSR count). The molecule has 0 N–H and O–H groups in total. The Balaban J connectivity index is 1.45. The van der Waals surface area contributed by atoms with Crippen LogP contribution in [0, 0.1) is 11.7 Å². The molecule has 1 atom stereocenters. The highest BCUT2D eigenvalue weighted by molar-refractivity contribution is 5.23.